The standard InChI is InChI=1S/C19H32N4O2/c1-15-7-9-16(10-8-15)11-14-22-17(20-5)21-12-6-13-23-18(24)25-19(2,3)4/h7-10H,6,11-14H2,1-5H3,(H,23,24)(H2,20,21,22). The first-order valence-electron chi connectivity index (χ1n) is 8.77. The van der Waals surface area contributed by atoms with Crippen LogP contribution in [0.15, 0.2) is 29.3 Å². The van der Waals surface area contributed by atoms with Gasteiger partial charge in [-0.3, -0.25) is 4.99 Å². The summed E-state index contributed by atoms with van der Waals surface area (Å²) in [7, 11) is 1.75. The number of benzene rings is 1. The summed E-state index contributed by atoms with van der Waals surface area (Å²) in [6, 6.07) is 8.55. The third-order valence-corrected chi connectivity index (χ3v) is 3.36. The van der Waals surface area contributed by atoms with Crippen molar-refractivity contribution in [2.75, 3.05) is 26.7 Å². The molecule has 0 radical (unpaired) electrons. The van der Waals surface area contributed by atoms with Gasteiger partial charge in [-0.25, -0.2) is 4.79 Å². The minimum Gasteiger partial charge on any atom is -0.444 e. The number of aryl methyl sites for hydroxylation is 1. The Bertz CT molecular complexity index is 548. The van der Waals surface area contributed by atoms with Crippen LogP contribution < -0.4 is 16.0 Å². The van der Waals surface area contributed by atoms with Crippen LogP contribution in [0.5, 0.6) is 0 Å². The van der Waals surface area contributed by atoms with Crippen LogP contribution in [-0.2, 0) is 11.2 Å². The molecule has 1 rings (SSSR count). The number of carbonyl (C=O) groups is 1. The molecule has 0 heterocycles. The van der Waals surface area contributed by atoms with E-state index in [4.69, 9.17) is 4.74 Å². The van der Waals surface area contributed by atoms with Gasteiger partial charge in [0.1, 0.15) is 5.60 Å². The molecule has 1 aromatic rings. The highest BCUT2D eigenvalue weighted by Crippen LogP contribution is 2.06. The molecule has 1 amide bonds. The third kappa shape index (κ3) is 10.3. The first kappa shape index (κ1) is 20.8. The van der Waals surface area contributed by atoms with E-state index in [-0.39, 0.29) is 6.09 Å². The predicted molar refractivity (Wildman–Crippen MR) is 103 cm³/mol. The average Bonchev–Trinajstić information content (AvgIpc) is 2.53. The van der Waals surface area contributed by atoms with Gasteiger partial charge in [0.15, 0.2) is 5.96 Å². The number of aliphatic imine (C=N–C) groups is 1. The fourth-order valence-electron chi connectivity index (χ4n) is 2.10. The molecule has 0 fully saturated rings. The molecule has 6 heteroatoms. The molecule has 3 N–H and O–H groups in total. The number of rotatable bonds is 7. The molecule has 0 atom stereocenters. The summed E-state index contributed by atoms with van der Waals surface area (Å²) in [5.74, 6) is 0.768. The number of nitrogens with zero attached hydrogens (tertiary/aromatic N) is 1. The normalized spacial score (nSPS) is 11.8. The number of carbonyl (C=O) groups excluding carboxylic acids is 1. The molecule has 140 valence electrons. The zero-order valence-electron chi connectivity index (χ0n) is 16.1. The van der Waals surface area contributed by atoms with Gasteiger partial charge >= 0.3 is 6.09 Å². The Labute approximate surface area is 151 Å². The summed E-state index contributed by atoms with van der Waals surface area (Å²) in [4.78, 5) is 15.7. The Morgan fingerprint density at radius 1 is 1.04 bits per heavy atom. The highest BCUT2D eigenvalue weighted by atomic mass is 16.6. The Morgan fingerprint density at radius 3 is 2.24 bits per heavy atom. The van der Waals surface area contributed by atoms with Crippen LogP contribution in [0.1, 0.15) is 38.3 Å². The van der Waals surface area contributed by atoms with Gasteiger partial charge in [-0.05, 0) is 46.1 Å². The lowest BCUT2D eigenvalue weighted by Crippen LogP contribution is -2.40. The van der Waals surface area contributed by atoms with E-state index < -0.39 is 5.60 Å². The predicted octanol–water partition coefficient (Wildman–Crippen LogP) is 2.62. The van der Waals surface area contributed by atoms with E-state index >= 15 is 0 Å². The van der Waals surface area contributed by atoms with Crippen molar-refractivity contribution in [3.05, 3.63) is 35.4 Å². The largest absolute Gasteiger partial charge is 0.444 e. The van der Waals surface area contributed by atoms with Crippen LogP contribution in [0.3, 0.4) is 0 Å². The highest BCUT2D eigenvalue weighted by Gasteiger charge is 2.15. The maximum atomic E-state index is 11.5. The molecule has 25 heavy (non-hydrogen) atoms. The Kier molecular flexibility index (Phi) is 8.81. The Hall–Kier alpha value is -2.24. The second-order valence-corrected chi connectivity index (χ2v) is 6.94. The SMILES string of the molecule is CN=C(NCCCNC(=O)OC(C)(C)C)NCCc1ccc(C)cc1. The number of hydrogen-bond acceptors (Lipinski definition) is 3. The average molecular weight is 348 g/mol. The fourth-order valence-corrected chi connectivity index (χ4v) is 2.10. The van der Waals surface area contributed by atoms with Gasteiger partial charge < -0.3 is 20.7 Å². The van der Waals surface area contributed by atoms with Crippen LogP contribution in [0.25, 0.3) is 0 Å². The van der Waals surface area contributed by atoms with E-state index in [1.54, 1.807) is 7.05 Å². The highest BCUT2D eigenvalue weighted by molar-refractivity contribution is 5.79. The zero-order chi connectivity index (χ0) is 18.7. The zero-order valence-corrected chi connectivity index (χ0v) is 16.1. The van der Waals surface area contributed by atoms with Crippen LogP contribution in [0.2, 0.25) is 0 Å². The first-order chi connectivity index (χ1) is 11.8. The second kappa shape index (κ2) is 10.6. The lowest BCUT2D eigenvalue weighted by molar-refractivity contribution is 0.0527. The summed E-state index contributed by atoms with van der Waals surface area (Å²) in [6.07, 6.45) is 1.35. The molecule has 1 aromatic carbocycles. The maximum Gasteiger partial charge on any atom is 0.407 e. The molecule has 6 nitrogen and oxygen atoms in total. The van der Waals surface area contributed by atoms with Crippen molar-refractivity contribution in [1.82, 2.24) is 16.0 Å². The number of guanidine groups is 1. The van der Waals surface area contributed by atoms with Gasteiger partial charge in [0.2, 0.25) is 0 Å². The van der Waals surface area contributed by atoms with Crippen molar-refractivity contribution >= 4 is 12.1 Å². The second-order valence-electron chi connectivity index (χ2n) is 6.94. The topological polar surface area (TPSA) is 74.8 Å². The van der Waals surface area contributed by atoms with E-state index in [0.717, 1.165) is 31.9 Å². The first-order valence-corrected chi connectivity index (χ1v) is 8.77. The number of hydrogen-bond donors (Lipinski definition) is 3. The van der Waals surface area contributed by atoms with Gasteiger partial charge in [0.05, 0.1) is 0 Å². The smallest absolute Gasteiger partial charge is 0.407 e. The molecule has 0 aromatic heterocycles. The third-order valence-electron chi connectivity index (χ3n) is 3.36. The minimum atomic E-state index is -0.467. The number of alkyl carbamates (subject to hydrolysis) is 1. The summed E-state index contributed by atoms with van der Waals surface area (Å²) < 4.78 is 5.18. The van der Waals surface area contributed by atoms with Crippen LogP contribution in [0.4, 0.5) is 4.79 Å². The maximum absolute atomic E-state index is 11.5. The van der Waals surface area contributed by atoms with Gasteiger partial charge in [-0.2, -0.15) is 0 Å². The molecular weight excluding hydrogens is 316 g/mol. The minimum absolute atomic E-state index is 0.381. The van der Waals surface area contributed by atoms with Crippen molar-refractivity contribution in [1.29, 1.82) is 0 Å². The van der Waals surface area contributed by atoms with Crippen molar-refractivity contribution < 1.29 is 9.53 Å². The molecular formula is C19H32N4O2. The van der Waals surface area contributed by atoms with Crippen LogP contribution >= 0.6 is 0 Å². The number of amides is 1. The van der Waals surface area contributed by atoms with Crippen molar-refractivity contribution in [2.24, 2.45) is 4.99 Å². The Balaban J connectivity index is 2.14. The van der Waals surface area contributed by atoms with Crippen molar-refractivity contribution in [3.8, 4) is 0 Å². The van der Waals surface area contributed by atoms with Crippen LogP contribution in [0, 0.1) is 6.92 Å². The van der Waals surface area contributed by atoms with E-state index in [1.807, 2.05) is 20.8 Å². The Morgan fingerprint density at radius 2 is 1.64 bits per heavy atom. The van der Waals surface area contributed by atoms with Crippen LogP contribution in [-0.4, -0.2) is 44.3 Å². The van der Waals surface area contributed by atoms with Gasteiger partial charge in [0.25, 0.3) is 0 Å². The summed E-state index contributed by atoms with van der Waals surface area (Å²) >= 11 is 0. The van der Waals surface area contributed by atoms with Gasteiger partial charge in [-0.1, -0.05) is 29.8 Å². The van der Waals surface area contributed by atoms with E-state index in [2.05, 4.69) is 52.1 Å². The summed E-state index contributed by atoms with van der Waals surface area (Å²) in [5.41, 5.74) is 2.11. The number of nitrogens with one attached hydrogen (secondary N) is 3. The quantitative estimate of drug-likeness (QED) is 0.402. The molecule has 0 saturated carbocycles. The van der Waals surface area contributed by atoms with Crippen molar-refractivity contribution in [3.63, 3.8) is 0 Å². The fraction of sp³-hybridized carbons (Fsp3) is 0.579. The molecule has 0 aliphatic carbocycles. The van der Waals surface area contributed by atoms with E-state index in [9.17, 15) is 4.79 Å². The molecule has 0 spiro atoms. The lowest BCUT2D eigenvalue weighted by atomic mass is 10.1. The van der Waals surface area contributed by atoms with E-state index in [1.165, 1.54) is 11.1 Å². The molecule has 0 saturated heterocycles. The molecule has 0 unspecified atom stereocenters. The number of ether oxygens (including phenoxy) is 1. The molecule has 0 bridgehead atoms. The molecule has 0 aliphatic heterocycles. The molecule has 0 aliphatic rings. The summed E-state index contributed by atoms with van der Waals surface area (Å²) in [6.45, 7) is 9.73. The van der Waals surface area contributed by atoms with Gasteiger partial charge in [0, 0.05) is 26.7 Å². The van der Waals surface area contributed by atoms with Crippen molar-refractivity contribution in [2.45, 2.75) is 46.1 Å². The monoisotopic (exact) mass is 348 g/mol. The lowest BCUT2D eigenvalue weighted by Gasteiger charge is -2.19. The summed E-state index contributed by atoms with van der Waals surface area (Å²) in [5, 5.41) is 9.26. The van der Waals surface area contributed by atoms with Gasteiger partial charge in [-0.15, -0.1) is 0 Å². The van der Waals surface area contributed by atoms with E-state index in [0.29, 0.717) is 6.54 Å².